The molecule has 53 valence electrons. The van der Waals surface area contributed by atoms with Gasteiger partial charge in [0.25, 0.3) is 0 Å². The molecule has 0 atom stereocenters. The van der Waals surface area contributed by atoms with Crippen molar-refractivity contribution >= 4 is 0 Å². The van der Waals surface area contributed by atoms with Gasteiger partial charge in [-0.1, -0.05) is 0 Å². The lowest BCUT2D eigenvalue weighted by Crippen LogP contribution is -1.84. The zero-order valence-electron chi connectivity index (χ0n) is 5.39. The zero-order valence-corrected chi connectivity index (χ0v) is 5.39. The van der Waals surface area contributed by atoms with Crippen molar-refractivity contribution < 1.29 is 0 Å². The lowest BCUT2D eigenvalue weighted by atomic mass is 10.3. The van der Waals surface area contributed by atoms with E-state index in [0.717, 1.165) is 0 Å². The summed E-state index contributed by atoms with van der Waals surface area (Å²) in [6.45, 7) is 0. The first-order valence-corrected chi connectivity index (χ1v) is 2.90. The minimum absolute atomic E-state index is 0.542. The number of hydrogen-bond donors (Lipinski definition) is 1. The molecular formula is C5H3N6. The van der Waals surface area contributed by atoms with Gasteiger partial charge < -0.3 is 0 Å². The third-order valence-electron chi connectivity index (χ3n) is 1.14. The predicted molar refractivity (Wildman–Crippen MR) is 34.0 cm³/mol. The van der Waals surface area contributed by atoms with Crippen LogP contribution < -0.4 is 0 Å². The highest BCUT2D eigenvalue weighted by Crippen LogP contribution is 2.06. The maximum Gasteiger partial charge on any atom is 0.181 e. The van der Waals surface area contributed by atoms with Gasteiger partial charge in [-0.2, -0.15) is 5.10 Å². The predicted octanol–water partition coefficient (Wildman–Crippen LogP) is -0.543. The van der Waals surface area contributed by atoms with Crippen LogP contribution in [0.3, 0.4) is 0 Å². The molecule has 0 aliphatic heterocycles. The number of nitrogens with zero attached hydrogens (tertiary/aromatic N) is 5. The molecule has 1 radical (unpaired) electrons. The van der Waals surface area contributed by atoms with Gasteiger partial charge in [0.1, 0.15) is 6.20 Å². The molecule has 0 saturated carbocycles. The molecule has 0 saturated heterocycles. The molecule has 0 amide bonds. The molecule has 0 aromatic carbocycles. The Hall–Kier alpha value is -1.85. The maximum atomic E-state index is 3.67. The number of tetrazole rings is 1. The standard InChI is InChI=1S/C5H3N6/c1-2-6-7-3-4(1)5-8-10-11-9-5/h1-2H,(H,8,9,10,11). The number of hydrogen-bond acceptors (Lipinski definition) is 5. The fourth-order valence-electron chi connectivity index (χ4n) is 0.666. The molecule has 0 bridgehead atoms. The van der Waals surface area contributed by atoms with E-state index in [1.165, 1.54) is 0 Å². The topological polar surface area (TPSA) is 80.2 Å². The Balaban J connectivity index is 2.46. The summed E-state index contributed by atoms with van der Waals surface area (Å²) in [7, 11) is 0. The van der Waals surface area contributed by atoms with E-state index in [1.807, 2.05) is 0 Å². The lowest BCUT2D eigenvalue weighted by molar-refractivity contribution is 0.881. The van der Waals surface area contributed by atoms with E-state index in [4.69, 9.17) is 0 Å². The lowest BCUT2D eigenvalue weighted by Gasteiger charge is -1.87. The first kappa shape index (κ1) is 5.90. The Morgan fingerprint density at radius 1 is 1.45 bits per heavy atom. The molecule has 2 aromatic heterocycles. The second-order valence-corrected chi connectivity index (χ2v) is 1.81. The fourth-order valence-corrected chi connectivity index (χ4v) is 0.666. The van der Waals surface area contributed by atoms with Gasteiger partial charge >= 0.3 is 0 Å². The largest absolute Gasteiger partial charge is 0.239 e. The van der Waals surface area contributed by atoms with E-state index in [2.05, 4.69) is 37.0 Å². The zero-order chi connectivity index (χ0) is 7.52. The second kappa shape index (κ2) is 2.41. The molecular weight excluding hydrogens is 144 g/mol. The molecule has 0 unspecified atom stereocenters. The van der Waals surface area contributed by atoms with Crippen LogP contribution >= 0.6 is 0 Å². The highest BCUT2D eigenvalue weighted by molar-refractivity contribution is 5.49. The van der Waals surface area contributed by atoms with Crippen LogP contribution in [0, 0.1) is 6.20 Å². The summed E-state index contributed by atoms with van der Waals surface area (Å²) in [6, 6.07) is 1.72. The van der Waals surface area contributed by atoms with Crippen molar-refractivity contribution in [3.63, 3.8) is 0 Å². The first-order valence-electron chi connectivity index (χ1n) is 2.90. The van der Waals surface area contributed by atoms with Gasteiger partial charge in [0.05, 0.1) is 11.8 Å². The quantitative estimate of drug-likeness (QED) is 0.585. The van der Waals surface area contributed by atoms with Crippen LogP contribution in [0.2, 0.25) is 0 Å². The van der Waals surface area contributed by atoms with Crippen LogP contribution in [-0.2, 0) is 0 Å². The molecule has 0 fully saturated rings. The van der Waals surface area contributed by atoms with E-state index in [0.29, 0.717) is 11.4 Å². The third-order valence-corrected chi connectivity index (χ3v) is 1.14. The number of aromatic amines is 1. The minimum atomic E-state index is 0.542. The number of nitrogens with one attached hydrogen (secondary N) is 1. The highest BCUT2D eigenvalue weighted by atomic mass is 15.5. The van der Waals surface area contributed by atoms with Crippen LogP contribution in [0.4, 0.5) is 0 Å². The number of aromatic nitrogens is 6. The fraction of sp³-hybridized carbons (Fsp3) is 0. The van der Waals surface area contributed by atoms with Gasteiger partial charge in [-0.3, -0.25) is 0 Å². The molecule has 1 N–H and O–H groups in total. The van der Waals surface area contributed by atoms with Crippen molar-refractivity contribution in [2.75, 3.05) is 0 Å². The van der Waals surface area contributed by atoms with Gasteiger partial charge in [-0.25, -0.2) is 5.10 Å². The normalized spacial score (nSPS) is 9.82. The van der Waals surface area contributed by atoms with Crippen molar-refractivity contribution in [3.8, 4) is 11.4 Å². The Kier molecular flexibility index (Phi) is 1.29. The van der Waals surface area contributed by atoms with Crippen LogP contribution in [0.15, 0.2) is 12.3 Å². The highest BCUT2D eigenvalue weighted by Gasteiger charge is 1.99. The number of H-pyrrole nitrogens is 1. The first-order chi connectivity index (χ1) is 5.47. The molecule has 0 aliphatic rings. The smallest absolute Gasteiger partial charge is 0.181 e. The molecule has 2 aromatic rings. The minimum Gasteiger partial charge on any atom is -0.239 e. The van der Waals surface area contributed by atoms with E-state index < -0.39 is 0 Å². The van der Waals surface area contributed by atoms with E-state index in [-0.39, 0.29) is 0 Å². The molecule has 6 nitrogen and oxygen atoms in total. The molecule has 2 heterocycles. The van der Waals surface area contributed by atoms with Crippen molar-refractivity contribution in [2.45, 2.75) is 0 Å². The molecule has 2 rings (SSSR count). The summed E-state index contributed by atoms with van der Waals surface area (Å²) in [6.07, 6.45) is 4.19. The Bertz CT molecular complexity index is 314. The molecule has 11 heavy (non-hydrogen) atoms. The summed E-state index contributed by atoms with van der Waals surface area (Å²) < 4.78 is 0. The maximum absolute atomic E-state index is 3.67. The summed E-state index contributed by atoms with van der Waals surface area (Å²) in [4.78, 5) is 0. The average molecular weight is 147 g/mol. The van der Waals surface area contributed by atoms with Crippen molar-refractivity contribution in [1.29, 1.82) is 0 Å². The Labute approximate surface area is 61.7 Å². The summed E-state index contributed by atoms with van der Waals surface area (Å²) in [5, 5.41) is 20.2. The summed E-state index contributed by atoms with van der Waals surface area (Å²) in [5.41, 5.74) is 0.699. The third kappa shape index (κ3) is 1.05. The van der Waals surface area contributed by atoms with Crippen LogP contribution in [-0.4, -0.2) is 30.8 Å². The second-order valence-electron chi connectivity index (χ2n) is 1.81. The Morgan fingerprint density at radius 3 is 3.09 bits per heavy atom. The SMILES string of the molecule is [c]1nnccc1-c1nnn[nH]1. The molecule has 0 aliphatic carbocycles. The van der Waals surface area contributed by atoms with Crippen LogP contribution in [0.25, 0.3) is 11.4 Å². The number of rotatable bonds is 1. The molecule has 6 heteroatoms. The Morgan fingerprint density at radius 2 is 2.45 bits per heavy atom. The molecule has 0 spiro atoms. The van der Waals surface area contributed by atoms with Gasteiger partial charge in [-0.15, -0.1) is 10.2 Å². The summed E-state index contributed by atoms with van der Waals surface area (Å²) >= 11 is 0. The van der Waals surface area contributed by atoms with Gasteiger partial charge in [-0.05, 0) is 16.5 Å². The van der Waals surface area contributed by atoms with Crippen molar-refractivity contribution in [3.05, 3.63) is 18.5 Å². The van der Waals surface area contributed by atoms with E-state index in [9.17, 15) is 0 Å². The van der Waals surface area contributed by atoms with Gasteiger partial charge in [0.2, 0.25) is 0 Å². The average Bonchev–Trinajstić information content (AvgIpc) is 2.58. The summed E-state index contributed by atoms with van der Waals surface area (Å²) in [5.74, 6) is 0.542. The van der Waals surface area contributed by atoms with Crippen LogP contribution in [0.1, 0.15) is 0 Å². The monoisotopic (exact) mass is 147 g/mol. The van der Waals surface area contributed by atoms with Crippen molar-refractivity contribution in [2.24, 2.45) is 0 Å². The van der Waals surface area contributed by atoms with E-state index >= 15 is 0 Å². The van der Waals surface area contributed by atoms with Gasteiger partial charge in [0.15, 0.2) is 5.82 Å². The van der Waals surface area contributed by atoms with E-state index in [1.54, 1.807) is 12.3 Å². The van der Waals surface area contributed by atoms with Crippen molar-refractivity contribution in [1.82, 2.24) is 30.8 Å². The van der Waals surface area contributed by atoms with Gasteiger partial charge in [0, 0.05) is 0 Å². The van der Waals surface area contributed by atoms with Crippen LogP contribution in [0.5, 0.6) is 0 Å².